The summed E-state index contributed by atoms with van der Waals surface area (Å²) in [5.74, 6) is 1.08. The molecule has 3 heterocycles. The van der Waals surface area contributed by atoms with Gasteiger partial charge in [-0.15, -0.1) is 10.2 Å². The van der Waals surface area contributed by atoms with Gasteiger partial charge in [0, 0.05) is 12.4 Å². The van der Waals surface area contributed by atoms with Crippen LogP contribution < -0.4 is 5.32 Å². The minimum absolute atomic E-state index is 0.233. The lowest BCUT2D eigenvalue weighted by molar-refractivity contribution is 0.102. The summed E-state index contributed by atoms with van der Waals surface area (Å²) in [6, 6.07) is 9.35. The summed E-state index contributed by atoms with van der Waals surface area (Å²) in [6.07, 6.45) is 3.48. The molecule has 0 aliphatic carbocycles. The maximum atomic E-state index is 12.4. The van der Waals surface area contributed by atoms with Gasteiger partial charge >= 0.3 is 0 Å². The predicted octanol–water partition coefficient (Wildman–Crippen LogP) is 3.14. The van der Waals surface area contributed by atoms with Crippen molar-refractivity contribution in [3.8, 4) is 5.82 Å². The molecular weight excluding hydrogens is 336 g/mol. The van der Waals surface area contributed by atoms with E-state index in [4.69, 9.17) is 0 Å². The van der Waals surface area contributed by atoms with Crippen molar-refractivity contribution in [2.24, 2.45) is 0 Å². The van der Waals surface area contributed by atoms with E-state index in [9.17, 15) is 4.79 Å². The van der Waals surface area contributed by atoms with Crippen LogP contribution in [0.1, 0.15) is 21.9 Å². The summed E-state index contributed by atoms with van der Waals surface area (Å²) in [5, 5.41) is 11.4. The molecule has 0 aliphatic heterocycles. The van der Waals surface area contributed by atoms with Crippen molar-refractivity contribution in [1.29, 1.82) is 0 Å². The zero-order valence-corrected chi connectivity index (χ0v) is 14.4. The van der Waals surface area contributed by atoms with Crippen LogP contribution in [0.25, 0.3) is 16.0 Å². The third-order valence-corrected chi connectivity index (χ3v) is 4.65. The summed E-state index contributed by atoms with van der Waals surface area (Å²) < 4.78 is 2.83. The molecule has 7 nitrogen and oxygen atoms in total. The lowest BCUT2D eigenvalue weighted by Gasteiger charge is -2.04. The van der Waals surface area contributed by atoms with Gasteiger partial charge in [0.05, 0.1) is 10.2 Å². The first kappa shape index (κ1) is 15.4. The average Bonchev–Trinajstić information content (AvgIpc) is 3.20. The summed E-state index contributed by atoms with van der Waals surface area (Å²) in [4.78, 5) is 20.9. The van der Waals surface area contributed by atoms with Crippen LogP contribution in [0.5, 0.6) is 0 Å². The summed E-state index contributed by atoms with van der Waals surface area (Å²) in [7, 11) is 0. The number of hydrogen-bond donors (Lipinski definition) is 1. The summed E-state index contributed by atoms with van der Waals surface area (Å²) >= 11 is 1.43. The molecule has 8 heteroatoms. The van der Waals surface area contributed by atoms with Crippen LogP contribution >= 0.6 is 11.3 Å². The number of nitrogens with one attached hydrogen (secondary N) is 1. The lowest BCUT2D eigenvalue weighted by atomic mass is 10.2. The number of anilines is 1. The number of aromatic nitrogens is 5. The Morgan fingerprint density at radius 3 is 2.76 bits per heavy atom. The molecule has 1 N–H and O–H groups in total. The molecule has 124 valence electrons. The number of thiazole rings is 1. The van der Waals surface area contributed by atoms with Gasteiger partial charge in [0.25, 0.3) is 5.91 Å². The molecule has 0 aliphatic rings. The van der Waals surface area contributed by atoms with Crippen molar-refractivity contribution in [1.82, 2.24) is 24.7 Å². The number of amides is 1. The number of benzene rings is 1. The topological polar surface area (TPSA) is 85.6 Å². The zero-order chi connectivity index (χ0) is 17.4. The van der Waals surface area contributed by atoms with E-state index >= 15 is 0 Å². The Balaban J connectivity index is 1.55. The molecule has 4 aromatic rings. The summed E-state index contributed by atoms with van der Waals surface area (Å²) in [6.45, 7) is 3.90. The maximum absolute atomic E-state index is 12.4. The van der Waals surface area contributed by atoms with Gasteiger partial charge in [-0.2, -0.15) is 0 Å². The van der Waals surface area contributed by atoms with Crippen molar-refractivity contribution in [3.05, 3.63) is 59.8 Å². The lowest BCUT2D eigenvalue weighted by Crippen LogP contribution is -2.15. The third-order valence-electron chi connectivity index (χ3n) is 3.72. The Morgan fingerprint density at radius 2 is 2.04 bits per heavy atom. The Bertz CT molecular complexity index is 1070. The highest BCUT2D eigenvalue weighted by atomic mass is 32.1. The number of fused-ring (bicyclic) bond motifs is 1. The van der Waals surface area contributed by atoms with Crippen LogP contribution in [-0.4, -0.2) is 30.6 Å². The number of aryl methyl sites for hydroxylation is 2. The largest absolute Gasteiger partial charge is 0.296 e. The Kier molecular flexibility index (Phi) is 3.73. The number of hydrogen-bond acceptors (Lipinski definition) is 6. The van der Waals surface area contributed by atoms with E-state index in [1.54, 1.807) is 29.1 Å². The molecular formula is C17H14N6OS. The van der Waals surface area contributed by atoms with Crippen molar-refractivity contribution in [2.75, 3.05) is 5.32 Å². The van der Waals surface area contributed by atoms with Gasteiger partial charge in [-0.05, 0) is 43.7 Å². The second-order valence-electron chi connectivity index (χ2n) is 5.57. The predicted molar refractivity (Wildman–Crippen MR) is 96.2 cm³/mol. The molecule has 0 saturated carbocycles. The van der Waals surface area contributed by atoms with E-state index in [-0.39, 0.29) is 11.6 Å². The Hall–Kier alpha value is -3.13. The SMILES string of the molecule is Cc1ccc2nc(NC(=O)c3ccc(-n4ccnc4C)nn3)sc2c1. The van der Waals surface area contributed by atoms with E-state index < -0.39 is 0 Å². The normalized spacial score (nSPS) is 11.0. The van der Waals surface area contributed by atoms with Crippen molar-refractivity contribution in [3.63, 3.8) is 0 Å². The summed E-state index contributed by atoms with van der Waals surface area (Å²) in [5.41, 5.74) is 2.25. The fourth-order valence-electron chi connectivity index (χ4n) is 2.44. The fourth-order valence-corrected chi connectivity index (χ4v) is 3.40. The molecule has 25 heavy (non-hydrogen) atoms. The third kappa shape index (κ3) is 2.99. The molecule has 0 spiro atoms. The standard InChI is InChI=1S/C17H14N6OS/c1-10-3-4-12-14(9-10)25-17(19-12)20-16(24)13-5-6-15(22-21-13)23-8-7-18-11(23)2/h3-9H,1-2H3,(H,19,20,24). The molecule has 0 unspecified atom stereocenters. The fraction of sp³-hybridized carbons (Fsp3) is 0.118. The van der Waals surface area contributed by atoms with Crippen LogP contribution in [0.4, 0.5) is 5.13 Å². The van der Waals surface area contributed by atoms with Crippen LogP contribution in [0.3, 0.4) is 0 Å². The molecule has 3 aromatic heterocycles. The quantitative estimate of drug-likeness (QED) is 0.613. The van der Waals surface area contributed by atoms with Gasteiger partial charge in [0.2, 0.25) is 0 Å². The molecule has 0 saturated heterocycles. The maximum Gasteiger partial charge on any atom is 0.277 e. The van der Waals surface area contributed by atoms with Crippen molar-refractivity contribution < 1.29 is 4.79 Å². The number of carbonyl (C=O) groups is 1. The second-order valence-corrected chi connectivity index (χ2v) is 6.60. The molecule has 1 amide bonds. The zero-order valence-electron chi connectivity index (χ0n) is 13.6. The van der Waals surface area contributed by atoms with Gasteiger partial charge in [-0.1, -0.05) is 17.4 Å². The van der Waals surface area contributed by atoms with Crippen LogP contribution in [0.15, 0.2) is 42.7 Å². The molecule has 0 atom stereocenters. The van der Waals surface area contributed by atoms with Gasteiger partial charge in [-0.25, -0.2) is 9.97 Å². The number of rotatable bonds is 3. The molecule has 0 fully saturated rings. The highest BCUT2D eigenvalue weighted by molar-refractivity contribution is 7.22. The number of imidazole rings is 1. The van der Waals surface area contributed by atoms with Gasteiger partial charge in [0.15, 0.2) is 16.6 Å². The van der Waals surface area contributed by atoms with Crippen molar-refractivity contribution >= 4 is 32.6 Å². The van der Waals surface area contributed by atoms with E-state index in [1.165, 1.54) is 11.3 Å². The first-order valence-corrected chi connectivity index (χ1v) is 8.44. The Labute approximate surface area is 147 Å². The second kappa shape index (κ2) is 6.06. The van der Waals surface area contributed by atoms with Crippen LogP contribution in [0.2, 0.25) is 0 Å². The molecule has 0 radical (unpaired) electrons. The van der Waals surface area contributed by atoms with Crippen molar-refractivity contribution in [2.45, 2.75) is 13.8 Å². The number of nitrogens with zero attached hydrogens (tertiary/aromatic N) is 5. The monoisotopic (exact) mass is 350 g/mol. The highest BCUT2D eigenvalue weighted by Crippen LogP contribution is 2.26. The average molecular weight is 350 g/mol. The first-order valence-electron chi connectivity index (χ1n) is 7.63. The number of carbonyl (C=O) groups excluding carboxylic acids is 1. The molecule has 1 aromatic carbocycles. The molecule has 0 bridgehead atoms. The van der Waals surface area contributed by atoms with Gasteiger partial charge in [-0.3, -0.25) is 14.7 Å². The molecule has 4 rings (SSSR count). The van der Waals surface area contributed by atoms with E-state index in [2.05, 4.69) is 25.5 Å². The highest BCUT2D eigenvalue weighted by Gasteiger charge is 2.12. The minimum Gasteiger partial charge on any atom is -0.296 e. The van der Waals surface area contributed by atoms with E-state index in [0.717, 1.165) is 21.6 Å². The smallest absolute Gasteiger partial charge is 0.277 e. The van der Waals surface area contributed by atoms with Crippen LogP contribution in [0, 0.1) is 13.8 Å². The van der Waals surface area contributed by atoms with Gasteiger partial charge in [0.1, 0.15) is 5.82 Å². The van der Waals surface area contributed by atoms with E-state index in [1.807, 2.05) is 32.0 Å². The first-order chi connectivity index (χ1) is 12.1. The Morgan fingerprint density at radius 1 is 1.16 bits per heavy atom. The van der Waals surface area contributed by atoms with E-state index in [0.29, 0.717) is 10.9 Å². The van der Waals surface area contributed by atoms with Gasteiger partial charge < -0.3 is 0 Å². The van der Waals surface area contributed by atoms with Crippen LogP contribution in [-0.2, 0) is 0 Å². The minimum atomic E-state index is -0.336.